The standard InChI is InChI=1S/C22H27N3O3S/c1-23-12-14-25(15-13-23)29(27,28)17-18-6-8-20(9-7-18)22(26)24-11-10-19-4-2-3-5-21(19)16-24/h2-9H,10-17H2,1H3. The molecule has 2 heterocycles. The Morgan fingerprint density at radius 2 is 1.55 bits per heavy atom. The number of hydrogen-bond donors (Lipinski definition) is 0. The summed E-state index contributed by atoms with van der Waals surface area (Å²) in [7, 11) is -1.33. The molecule has 0 atom stereocenters. The van der Waals surface area contributed by atoms with E-state index in [1.165, 1.54) is 11.1 Å². The van der Waals surface area contributed by atoms with Gasteiger partial charge >= 0.3 is 0 Å². The Morgan fingerprint density at radius 1 is 0.897 bits per heavy atom. The molecule has 0 bridgehead atoms. The van der Waals surface area contributed by atoms with Gasteiger partial charge in [0.1, 0.15) is 0 Å². The average molecular weight is 414 g/mol. The lowest BCUT2D eigenvalue weighted by molar-refractivity contribution is 0.0734. The first-order valence-corrected chi connectivity index (χ1v) is 11.6. The Morgan fingerprint density at radius 3 is 2.24 bits per heavy atom. The van der Waals surface area contributed by atoms with Crippen molar-refractivity contribution in [1.82, 2.24) is 14.1 Å². The van der Waals surface area contributed by atoms with Crippen LogP contribution >= 0.6 is 0 Å². The summed E-state index contributed by atoms with van der Waals surface area (Å²) in [5.74, 6) is -0.0320. The Hall–Kier alpha value is -2.22. The van der Waals surface area contributed by atoms with Crippen molar-refractivity contribution in [2.75, 3.05) is 39.8 Å². The van der Waals surface area contributed by atoms with Crippen LogP contribution in [0.2, 0.25) is 0 Å². The van der Waals surface area contributed by atoms with Gasteiger partial charge in [0.05, 0.1) is 5.75 Å². The second-order valence-corrected chi connectivity index (χ2v) is 9.87. The molecular weight excluding hydrogens is 386 g/mol. The van der Waals surface area contributed by atoms with Gasteiger partial charge in [0.2, 0.25) is 10.0 Å². The molecule has 1 amide bonds. The maximum absolute atomic E-state index is 12.9. The predicted octanol–water partition coefficient (Wildman–Crippen LogP) is 1.96. The summed E-state index contributed by atoms with van der Waals surface area (Å²) in [4.78, 5) is 16.9. The molecule has 0 N–H and O–H groups in total. The van der Waals surface area contributed by atoms with E-state index in [1.807, 2.05) is 24.1 Å². The van der Waals surface area contributed by atoms with E-state index >= 15 is 0 Å². The third kappa shape index (κ3) is 4.52. The number of rotatable bonds is 4. The zero-order valence-corrected chi connectivity index (χ0v) is 17.6. The topological polar surface area (TPSA) is 60.9 Å². The summed E-state index contributed by atoms with van der Waals surface area (Å²) in [6.07, 6.45) is 0.864. The number of likely N-dealkylation sites (N-methyl/N-ethyl adjacent to an activating group) is 1. The first-order chi connectivity index (χ1) is 13.9. The molecule has 2 aromatic rings. The van der Waals surface area contributed by atoms with E-state index in [9.17, 15) is 13.2 Å². The van der Waals surface area contributed by atoms with Crippen LogP contribution in [-0.4, -0.2) is 68.2 Å². The molecule has 154 valence electrons. The fraction of sp³-hybridized carbons (Fsp3) is 0.409. The van der Waals surface area contributed by atoms with Gasteiger partial charge in [-0.05, 0) is 42.3 Å². The highest BCUT2D eigenvalue weighted by molar-refractivity contribution is 7.88. The number of hydrogen-bond acceptors (Lipinski definition) is 4. The van der Waals surface area contributed by atoms with Gasteiger partial charge in [0.25, 0.3) is 5.91 Å². The Balaban J connectivity index is 1.41. The molecule has 2 aliphatic rings. The minimum atomic E-state index is -3.34. The maximum atomic E-state index is 12.9. The largest absolute Gasteiger partial charge is 0.334 e. The van der Waals surface area contributed by atoms with E-state index in [1.54, 1.807) is 28.6 Å². The van der Waals surface area contributed by atoms with Gasteiger partial charge < -0.3 is 9.80 Å². The summed E-state index contributed by atoms with van der Waals surface area (Å²) < 4.78 is 26.9. The van der Waals surface area contributed by atoms with Crippen LogP contribution in [-0.2, 0) is 28.7 Å². The van der Waals surface area contributed by atoms with Crippen molar-refractivity contribution < 1.29 is 13.2 Å². The van der Waals surface area contributed by atoms with Gasteiger partial charge in [-0.3, -0.25) is 4.79 Å². The van der Waals surface area contributed by atoms with E-state index in [-0.39, 0.29) is 11.7 Å². The van der Waals surface area contributed by atoms with Crippen molar-refractivity contribution in [3.63, 3.8) is 0 Å². The van der Waals surface area contributed by atoms with Crippen LogP contribution in [0.25, 0.3) is 0 Å². The van der Waals surface area contributed by atoms with Crippen molar-refractivity contribution in [2.45, 2.75) is 18.7 Å². The minimum Gasteiger partial charge on any atom is -0.334 e. The molecule has 2 aromatic carbocycles. The van der Waals surface area contributed by atoms with Crippen molar-refractivity contribution >= 4 is 15.9 Å². The van der Waals surface area contributed by atoms with Gasteiger partial charge in [-0.2, -0.15) is 4.31 Å². The smallest absolute Gasteiger partial charge is 0.254 e. The number of amides is 1. The molecule has 1 saturated heterocycles. The van der Waals surface area contributed by atoms with Crippen molar-refractivity contribution in [2.24, 2.45) is 0 Å². The van der Waals surface area contributed by atoms with Crippen LogP contribution in [0.1, 0.15) is 27.0 Å². The van der Waals surface area contributed by atoms with E-state index in [4.69, 9.17) is 0 Å². The van der Waals surface area contributed by atoms with Gasteiger partial charge in [-0.15, -0.1) is 0 Å². The van der Waals surface area contributed by atoms with E-state index in [2.05, 4.69) is 17.0 Å². The lowest BCUT2D eigenvalue weighted by Gasteiger charge is -2.31. The Labute approximate surface area is 172 Å². The summed E-state index contributed by atoms with van der Waals surface area (Å²) in [5.41, 5.74) is 3.82. The summed E-state index contributed by atoms with van der Waals surface area (Å²) in [5, 5.41) is 0. The van der Waals surface area contributed by atoms with Gasteiger partial charge in [0, 0.05) is 44.8 Å². The van der Waals surface area contributed by atoms with Crippen LogP contribution in [0, 0.1) is 0 Å². The zero-order chi connectivity index (χ0) is 20.4. The van der Waals surface area contributed by atoms with Gasteiger partial charge in [-0.1, -0.05) is 36.4 Å². The third-order valence-electron chi connectivity index (χ3n) is 5.82. The fourth-order valence-electron chi connectivity index (χ4n) is 3.96. The fourth-order valence-corrected chi connectivity index (χ4v) is 5.48. The first kappa shape index (κ1) is 20.1. The number of nitrogens with zero attached hydrogens (tertiary/aromatic N) is 3. The monoisotopic (exact) mass is 413 g/mol. The SMILES string of the molecule is CN1CCN(S(=O)(=O)Cc2ccc(C(=O)N3CCc4ccccc4C3)cc2)CC1. The molecule has 2 aliphatic heterocycles. The van der Waals surface area contributed by atoms with Crippen molar-refractivity contribution in [3.05, 3.63) is 70.8 Å². The van der Waals surface area contributed by atoms with E-state index in [0.29, 0.717) is 37.3 Å². The molecule has 0 unspecified atom stereocenters. The molecule has 6 nitrogen and oxygen atoms in total. The highest BCUT2D eigenvalue weighted by atomic mass is 32.2. The third-order valence-corrected chi connectivity index (χ3v) is 7.67. The molecule has 0 aliphatic carbocycles. The number of sulfonamides is 1. The second-order valence-electron chi connectivity index (χ2n) is 7.90. The Bertz CT molecular complexity index is 981. The number of carbonyl (C=O) groups is 1. The molecule has 4 rings (SSSR count). The quantitative estimate of drug-likeness (QED) is 0.769. The van der Waals surface area contributed by atoms with E-state index < -0.39 is 10.0 Å². The molecule has 1 fully saturated rings. The molecule has 7 heteroatoms. The second kappa shape index (κ2) is 8.26. The molecule has 0 spiro atoms. The zero-order valence-electron chi connectivity index (χ0n) is 16.8. The minimum absolute atomic E-state index is 0.00650. The van der Waals surface area contributed by atoms with Gasteiger partial charge in [0.15, 0.2) is 0 Å². The maximum Gasteiger partial charge on any atom is 0.254 e. The van der Waals surface area contributed by atoms with Gasteiger partial charge in [-0.25, -0.2) is 8.42 Å². The van der Waals surface area contributed by atoms with Crippen LogP contribution in [0.15, 0.2) is 48.5 Å². The number of carbonyl (C=O) groups excluding carboxylic acids is 1. The molecule has 0 radical (unpaired) electrons. The summed E-state index contributed by atoms with van der Waals surface area (Å²) in [6.45, 7) is 3.90. The summed E-state index contributed by atoms with van der Waals surface area (Å²) in [6, 6.07) is 15.2. The predicted molar refractivity (Wildman–Crippen MR) is 113 cm³/mol. The van der Waals surface area contributed by atoms with E-state index in [0.717, 1.165) is 19.5 Å². The van der Waals surface area contributed by atoms with Crippen molar-refractivity contribution in [3.8, 4) is 0 Å². The van der Waals surface area contributed by atoms with Crippen LogP contribution in [0.3, 0.4) is 0 Å². The van der Waals surface area contributed by atoms with Crippen LogP contribution in [0.5, 0.6) is 0 Å². The van der Waals surface area contributed by atoms with Crippen LogP contribution < -0.4 is 0 Å². The van der Waals surface area contributed by atoms with Crippen LogP contribution in [0.4, 0.5) is 0 Å². The molecule has 0 saturated carbocycles. The first-order valence-electron chi connectivity index (χ1n) is 10.0. The summed E-state index contributed by atoms with van der Waals surface area (Å²) >= 11 is 0. The molecule has 0 aromatic heterocycles. The number of benzene rings is 2. The molecule has 29 heavy (non-hydrogen) atoms. The average Bonchev–Trinajstić information content (AvgIpc) is 2.73. The lowest BCUT2D eigenvalue weighted by Crippen LogP contribution is -2.47. The highest BCUT2D eigenvalue weighted by Crippen LogP contribution is 2.21. The Kier molecular flexibility index (Phi) is 5.72. The number of fused-ring (bicyclic) bond motifs is 1. The molecular formula is C22H27N3O3S. The lowest BCUT2D eigenvalue weighted by atomic mass is 9.99. The van der Waals surface area contributed by atoms with Crippen molar-refractivity contribution in [1.29, 1.82) is 0 Å². The number of piperazine rings is 1. The normalized spacial score (nSPS) is 18.4. The highest BCUT2D eigenvalue weighted by Gasteiger charge is 2.26.